The van der Waals surface area contributed by atoms with Crippen molar-refractivity contribution in [1.82, 2.24) is 9.97 Å². The number of hydrogen-bond acceptors (Lipinski definition) is 4. The molecule has 2 aromatic heterocycles. The van der Waals surface area contributed by atoms with Crippen LogP contribution in [0, 0.1) is 5.92 Å². The summed E-state index contributed by atoms with van der Waals surface area (Å²) in [4.78, 5) is 20.8. The molecule has 0 N–H and O–H groups in total. The second-order valence-electron chi connectivity index (χ2n) is 5.91. The van der Waals surface area contributed by atoms with Gasteiger partial charge < -0.3 is 0 Å². The maximum atomic E-state index is 10.7. The van der Waals surface area contributed by atoms with Crippen molar-refractivity contribution < 1.29 is 4.79 Å². The van der Waals surface area contributed by atoms with E-state index < -0.39 is 0 Å². The van der Waals surface area contributed by atoms with Crippen LogP contribution < -0.4 is 0 Å². The summed E-state index contributed by atoms with van der Waals surface area (Å²) in [6.45, 7) is 4.39. The van der Waals surface area contributed by atoms with Crippen LogP contribution in [0.2, 0.25) is 0 Å². The van der Waals surface area contributed by atoms with Gasteiger partial charge in [0.15, 0.2) is 0 Å². The molecule has 3 aromatic rings. The molecule has 0 radical (unpaired) electrons. The number of thiazole rings is 1. The highest BCUT2D eigenvalue weighted by Crippen LogP contribution is 2.31. The minimum absolute atomic E-state index is 0.609. The van der Waals surface area contributed by atoms with Crippen molar-refractivity contribution in [1.29, 1.82) is 0 Å². The Kier molecular flexibility index (Phi) is 4.63. The predicted octanol–water partition coefficient (Wildman–Crippen LogP) is 4.88. The fraction of sp³-hybridized carbons (Fsp3) is 0.211. The molecule has 0 atom stereocenters. The highest BCUT2D eigenvalue weighted by Gasteiger charge is 2.08. The molecule has 0 saturated carbocycles. The zero-order valence-corrected chi connectivity index (χ0v) is 14.0. The van der Waals surface area contributed by atoms with E-state index in [9.17, 15) is 4.79 Å². The van der Waals surface area contributed by atoms with Gasteiger partial charge in [0.2, 0.25) is 0 Å². The van der Waals surface area contributed by atoms with Gasteiger partial charge in [-0.3, -0.25) is 9.78 Å². The molecule has 0 aliphatic rings. The number of aldehydes is 1. The zero-order valence-electron chi connectivity index (χ0n) is 13.2. The van der Waals surface area contributed by atoms with Gasteiger partial charge in [0.1, 0.15) is 11.3 Å². The number of aromatic nitrogens is 2. The third-order valence-electron chi connectivity index (χ3n) is 3.53. The second-order valence-corrected chi connectivity index (χ2v) is 6.94. The Morgan fingerprint density at radius 3 is 2.35 bits per heavy atom. The molecule has 2 heterocycles. The SMILES string of the molecule is CC(C)Cc1ccc(-c2cnc(-c3ccc(C=O)cc3)s2)cn1. The fourth-order valence-electron chi connectivity index (χ4n) is 2.35. The molecule has 0 aliphatic heterocycles. The van der Waals surface area contributed by atoms with E-state index in [1.165, 1.54) is 0 Å². The average molecular weight is 322 g/mol. The molecule has 4 heteroatoms. The first kappa shape index (κ1) is 15.6. The third kappa shape index (κ3) is 3.71. The Morgan fingerprint density at radius 1 is 1.00 bits per heavy atom. The molecule has 0 spiro atoms. The van der Waals surface area contributed by atoms with Gasteiger partial charge in [-0.25, -0.2) is 4.98 Å². The van der Waals surface area contributed by atoms with Gasteiger partial charge >= 0.3 is 0 Å². The van der Waals surface area contributed by atoms with Crippen molar-refractivity contribution in [2.24, 2.45) is 5.92 Å². The molecule has 116 valence electrons. The van der Waals surface area contributed by atoms with Crippen LogP contribution >= 0.6 is 11.3 Å². The Labute approximate surface area is 140 Å². The molecule has 0 fully saturated rings. The number of nitrogens with zero attached hydrogens (tertiary/aromatic N) is 2. The van der Waals surface area contributed by atoms with E-state index >= 15 is 0 Å². The van der Waals surface area contributed by atoms with E-state index in [2.05, 4.69) is 35.9 Å². The van der Waals surface area contributed by atoms with Crippen LogP contribution in [0.1, 0.15) is 29.9 Å². The van der Waals surface area contributed by atoms with Crippen molar-refractivity contribution in [3.05, 3.63) is 60.0 Å². The molecule has 0 saturated heterocycles. The first-order valence-electron chi connectivity index (χ1n) is 7.62. The summed E-state index contributed by atoms with van der Waals surface area (Å²) in [6.07, 6.45) is 5.65. The Morgan fingerprint density at radius 2 is 1.74 bits per heavy atom. The van der Waals surface area contributed by atoms with Crippen LogP contribution in [-0.4, -0.2) is 16.3 Å². The van der Waals surface area contributed by atoms with Gasteiger partial charge in [-0.2, -0.15) is 0 Å². The van der Waals surface area contributed by atoms with Crippen LogP contribution in [-0.2, 0) is 6.42 Å². The van der Waals surface area contributed by atoms with Gasteiger partial charge in [0.05, 0.1) is 4.88 Å². The summed E-state index contributed by atoms with van der Waals surface area (Å²) in [6, 6.07) is 11.7. The summed E-state index contributed by atoms with van der Waals surface area (Å²) < 4.78 is 0. The summed E-state index contributed by atoms with van der Waals surface area (Å²) in [7, 11) is 0. The molecular formula is C19H18N2OS. The lowest BCUT2D eigenvalue weighted by Crippen LogP contribution is -1.96. The number of carbonyl (C=O) groups is 1. The second kappa shape index (κ2) is 6.84. The van der Waals surface area contributed by atoms with Crippen molar-refractivity contribution in [3.63, 3.8) is 0 Å². The van der Waals surface area contributed by atoms with E-state index in [1.807, 2.05) is 36.7 Å². The van der Waals surface area contributed by atoms with Gasteiger partial charge in [-0.15, -0.1) is 11.3 Å². The molecule has 0 bridgehead atoms. The van der Waals surface area contributed by atoms with Crippen molar-refractivity contribution in [2.45, 2.75) is 20.3 Å². The minimum atomic E-state index is 0.609. The number of rotatable bonds is 5. The molecule has 3 rings (SSSR count). The van der Waals surface area contributed by atoms with Crippen molar-refractivity contribution >= 4 is 17.6 Å². The van der Waals surface area contributed by atoms with E-state index in [0.717, 1.165) is 39.4 Å². The minimum Gasteiger partial charge on any atom is -0.298 e. The molecule has 0 aliphatic carbocycles. The monoisotopic (exact) mass is 322 g/mol. The molecule has 23 heavy (non-hydrogen) atoms. The summed E-state index contributed by atoms with van der Waals surface area (Å²) in [5, 5.41) is 0.948. The molecule has 0 amide bonds. The lowest BCUT2D eigenvalue weighted by atomic mass is 10.1. The average Bonchev–Trinajstić information content (AvgIpc) is 3.05. The lowest BCUT2D eigenvalue weighted by Gasteiger charge is -2.04. The van der Waals surface area contributed by atoms with Crippen LogP contribution in [0.25, 0.3) is 21.0 Å². The topological polar surface area (TPSA) is 42.9 Å². The van der Waals surface area contributed by atoms with Crippen LogP contribution in [0.15, 0.2) is 48.8 Å². The highest BCUT2D eigenvalue weighted by atomic mass is 32.1. The highest BCUT2D eigenvalue weighted by molar-refractivity contribution is 7.18. The summed E-state index contributed by atoms with van der Waals surface area (Å²) >= 11 is 1.63. The Hall–Kier alpha value is -2.33. The molecular weight excluding hydrogens is 304 g/mol. The van der Waals surface area contributed by atoms with Gasteiger partial charge in [-0.1, -0.05) is 44.2 Å². The van der Waals surface area contributed by atoms with E-state index in [0.29, 0.717) is 11.5 Å². The summed E-state index contributed by atoms with van der Waals surface area (Å²) in [5.41, 5.74) is 3.91. The number of benzene rings is 1. The first-order valence-corrected chi connectivity index (χ1v) is 8.44. The zero-order chi connectivity index (χ0) is 16.2. The van der Waals surface area contributed by atoms with Crippen molar-refractivity contribution in [3.8, 4) is 21.0 Å². The van der Waals surface area contributed by atoms with Gasteiger partial charge in [-0.05, 0) is 18.4 Å². The molecule has 3 nitrogen and oxygen atoms in total. The predicted molar refractivity (Wildman–Crippen MR) is 94.7 cm³/mol. The van der Waals surface area contributed by atoms with Crippen LogP contribution in [0.3, 0.4) is 0 Å². The van der Waals surface area contributed by atoms with Crippen molar-refractivity contribution in [2.75, 3.05) is 0 Å². The smallest absolute Gasteiger partial charge is 0.150 e. The number of pyridine rings is 1. The third-order valence-corrected chi connectivity index (χ3v) is 4.62. The van der Waals surface area contributed by atoms with Gasteiger partial charge in [0.25, 0.3) is 0 Å². The van der Waals surface area contributed by atoms with Gasteiger partial charge in [0, 0.05) is 34.8 Å². The van der Waals surface area contributed by atoms with Crippen LogP contribution in [0.5, 0.6) is 0 Å². The standard InChI is InChI=1S/C19H18N2OS/c1-13(2)9-17-8-7-16(10-20-17)18-11-21-19(23-18)15-5-3-14(12-22)4-6-15/h3-8,10-13H,9H2,1-2H3. The molecule has 0 unspecified atom stereocenters. The van der Waals surface area contributed by atoms with E-state index in [1.54, 1.807) is 11.3 Å². The van der Waals surface area contributed by atoms with Crippen LogP contribution in [0.4, 0.5) is 0 Å². The Balaban J connectivity index is 1.81. The Bertz CT molecular complexity index is 789. The number of carbonyl (C=O) groups excluding carboxylic acids is 1. The van der Waals surface area contributed by atoms with E-state index in [4.69, 9.17) is 0 Å². The normalized spacial score (nSPS) is 10.9. The fourth-order valence-corrected chi connectivity index (χ4v) is 3.27. The first-order chi connectivity index (χ1) is 11.2. The summed E-state index contributed by atoms with van der Waals surface area (Å²) in [5.74, 6) is 0.609. The largest absolute Gasteiger partial charge is 0.298 e. The maximum absolute atomic E-state index is 10.7. The van der Waals surface area contributed by atoms with E-state index in [-0.39, 0.29) is 0 Å². The molecule has 1 aromatic carbocycles. The maximum Gasteiger partial charge on any atom is 0.150 e. The number of hydrogen-bond donors (Lipinski definition) is 0. The quantitative estimate of drug-likeness (QED) is 0.629. The lowest BCUT2D eigenvalue weighted by molar-refractivity contribution is 0.112.